The summed E-state index contributed by atoms with van der Waals surface area (Å²) in [4.78, 5) is 22.7. The summed E-state index contributed by atoms with van der Waals surface area (Å²) in [6.07, 6.45) is 0. The van der Waals surface area contributed by atoms with Gasteiger partial charge in [-0.15, -0.1) is 0 Å². The van der Waals surface area contributed by atoms with Crippen LogP contribution in [0.3, 0.4) is 0 Å². The number of benzene rings is 1. The van der Waals surface area contributed by atoms with E-state index in [-0.39, 0.29) is 10.7 Å². The van der Waals surface area contributed by atoms with Gasteiger partial charge in [0.2, 0.25) is 0 Å². The number of carboxylic acid groups (broad SMARTS) is 1. The Morgan fingerprint density at radius 2 is 2.18 bits per heavy atom. The smallest absolute Gasteiger partial charge is 0.323 e. The Bertz CT molecular complexity index is 453. The molecule has 0 aliphatic heterocycles. The van der Waals surface area contributed by atoms with Crippen LogP contribution in [-0.2, 0) is 4.79 Å². The second kappa shape index (κ2) is 5.49. The largest absolute Gasteiger partial charge is 0.480 e. The lowest BCUT2D eigenvalue weighted by molar-refractivity contribution is -0.137. The molecule has 0 bridgehead atoms. The lowest BCUT2D eigenvalue weighted by Crippen LogP contribution is -2.35. The Morgan fingerprint density at radius 1 is 1.53 bits per heavy atom. The Hall–Kier alpha value is -1.82. The van der Waals surface area contributed by atoms with E-state index in [0.717, 1.165) is 11.0 Å². The predicted octanol–water partition coefficient (Wildman–Crippen LogP) is 2.03. The first-order valence-corrected chi connectivity index (χ1v) is 4.97. The van der Waals surface area contributed by atoms with E-state index in [1.54, 1.807) is 0 Å². The van der Waals surface area contributed by atoms with Gasteiger partial charge in [0.05, 0.1) is 5.69 Å². The molecule has 2 amide bonds. The van der Waals surface area contributed by atoms with Gasteiger partial charge in [0.1, 0.15) is 12.4 Å². The van der Waals surface area contributed by atoms with E-state index in [0.29, 0.717) is 0 Å². The molecule has 0 radical (unpaired) electrons. The number of rotatable bonds is 3. The molecule has 1 rings (SSSR count). The molecule has 0 aliphatic rings. The molecular formula is C10H10ClFN2O3. The van der Waals surface area contributed by atoms with E-state index in [1.165, 1.54) is 19.2 Å². The van der Waals surface area contributed by atoms with Crippen LogP contribution in [-0.4, -0.2) is 35.6 Å². The van der Waals surface area contributed by atoms with Crippen molar-refractivity contribution in [3.63, 3.8) is 0 Å². The molecule has 0 spiro atoms. The van der Waals surface area contributed by atoms with Crippen molar-refractivity contribution in [3.05, 3.63) is 29.0 Å². The Morgan fingerprint density at radius 3 is 2.76 bits per heavy atom. The number of hydrogen-bond acceptors (Lipinski definition) is 2. The average molecular weight is 261 g/mol. The fourth-order valence-corrected chi connectivity index (χ4v) is 1.25. The molecule has 0 aromatic heterocycles. The van der Waals surface area contributed by atoms with Crippen molar-refractivity contribution in [2.45, 2.75) is 0 Å². The third-order valence-electron chi connectivity index (χ3n) is 1.89. The molecule has 1 aromatic rings. The number of amides is 2. The lowest BCUT2D eigenvalue weighted by atomic mass is 10.3. The van der Waals surface area contributed by atoms with Gasteiger partial charge in [0.25, 0.3) is 0 Å². The molecular weight excluding hydrogens is 251 g/mol. The highest BCUT2D eigenvalue weighted by Gasteiger charge is 2.14. The predicted molar refractivity (Wildman–Crippen MR) is 60.7 cm³/mol. The number of aliphatic carboxylic acids is 1. The maximum Gasteiger partial charge on any atom is 0.323 e. The number of nitrogens with zero attached hydrogens (tertiary/aromatic N) is 1. The van der Waals surface area contributed by atoms with Crippen LogP contribution in [0.25, 0.3) is 0 Å². The number of likely N-dealkylation sites (N-methyl/N-ethyl adjacent to an activating group) is 1. The van der Waals surface area contributed by atoms with Crippen LogP contribution < -0.4 is 5.32 Å². The van der Waals surface area contributed by atoms with Crippen molar-refractivity contribution in [3.8, 4) is 0 Å². The van der Waals surface area contributed by atoms with Crippen molar-refractivity contribution >= 4 is 29.3 Å². The SMILES string of the molecule is CN(CC(=O)O)C(=O)Nc1cc(Cl)ccc1F. The molecule has 0 atom stereocenters. The highest BCUT2D eigenvalue weighted by Crippen LogP contribution is 2.19. The summed E-state index contributed by atoms with van der Waals surface area (Å²) in [6.45, 7) is -0.478. The number of halogens is 2. The third-order valence-corrected chi connectivity index (χ3v) is 2.12. The molecule has 0 fully saturated rings. The molecule has 7 heteroatoms. The fraction of sp³-hybridized carbons (Fsp3) is 0.200. The first kappa shape index (κ1) is 13.2. The minimum Gasteiger partial charge on any atom is -0.480 e. The minimum atomic E-state index is -1.16. The number of anilines is 1. The highest BCUT2D eigenvalue weighted by atomic mass is 35.5. The van der Waals surface area contributed by atoms with Gasteiger partial charge in [-0.2, -0.15) is 0 Å². The van der Waals surface area contributed by atoms with E-state index in [1.807, 2.05) is 0 Å². The normalized spacial score (nSPS) is 9.82. The molecule has 92 valence electrons. The van der Waals surface area contributed by atoms with E-state index < -0.39 is 24.4 Å². The summed E-state index contributed by atoms with van der Waals surface area (Å²) in [5.74, 6) is -1.80. The van der Waals surface area contributed by atoms with Gasteiger partial charge in [-0.05, 0) is 18.2 Å². The van der Waals surface area contributed by atoms with Crippen molar-refractivity contribution < 1.29 is 19.1 Å². The Balaban J connectivity index is 2.73. The Labute approximate surface area is 102 Å². The van der Waals surface area contributed by atoms with Gasteiger partial charge in [-0.3, -0.25) is 4.79 Å². The Kier molecular flexibility index (Phi) is 4.28. The van der Waals surface area contributed by atoms with Crippen LogP contribution in [0.5, 0.6) is 0 Å². The molecule has 0 heterocycles. The van der Waals surface area contributed by atoms with Gasteiger partial charge < -0.3 is 15.3 Å². The number of carboxylic acids is 1. The standard InChI is InChI=1S/C10H10ClFN2O3/c1-14(5-9(15)16)10(17)13-8-4-6(11)2-3-7(8)12/h2-4H,5H2,1H3,(H,13,17)(H,15,16). The second-order valence-corrected chi connectivity index (χ2v) is 3.74. The number of urea groups is 1. The molecule has 2 N–H and O–H groups in total. The van der Waals surface area contributed by atoms with E-state index >= 15 is 0 Å². The molecule has 0 saturated carbocycles. The van der Waals surface area contributed by atoms with E-state index in [2.05, 4.69) is 5.32 Å². The van der Waals surface area contributed by atoms with Gasteiger partial charge >= 0.3 is 12.0 Å². The number of hydrogen-bond donors (Lipinski definition) is 2. The van der Waals surface area contributed by atoms with Gasteiger partial charge in [-0.25, -0.2) is 9.18 Å². The maximum absolute atomic E-state index is 13.2. The summed E-state index contributed by atoms with van der Waals surface area (Å²) in [5.41, 5.74) is -0.0975. The number of carbonyl (C=O) groups excluding carboxylic acids is 1. The summed E-state index contributed by atoms with van der Waals surface area (Å²) in [6, 6.07) is 2.96. The number of carbonyl (C=O) groups is 2. The van der Waals surface area contributed by atoms with Crippen LogP contribution in [0.4, 0.5) is 14.9 Å². The monoisotopic (exact) mass is 260 g/mol. The molecule has 5 nitrogen and oxygen atoms in total. The van der Waals surface area contributed by atoms with Crippen LogP contribution >= 0.6 is 11.6 Å². The van der Waals surface area contributed by atoms with Crippen LogP contribution in [0.2, 0.25) is 5.02 Å². The average Bonchev–Trinajstić information content (AvgIpc) is 2.22. The van der Waals surface area contributed by atoms with E-state index in [4.69, 9.17) is 16.7 Å². The summed E-state index contributed by atoms with van der Waals surface area (Å²) < 4.78 is 13.2. The molecule has 0 saturated heterocycles. The van der Waals surface area contributed by atoms with E-state index in [9.17, 15) is 14.0 Å². The summed E-state index contributed by atoms with van der Waals surface area (Å²) in [5, 5.41) is 11.0. The van der Waals surface area contributed by atoms with Crippen molar-refractivity contribution in [2.24, 2.45) is 0 Å². The van der Waals surface area contributed by atoms with Gasteiger partial charge in [0, 0.05) is 12.1 Å². The topological polar surface area (TPSA) is 69.6 Å². The quantitative estimate of drug-likeness (QED) is 0.874. The summed E-state index contributed by atoms with van der Waals surface area (Å²) in [7, 11) is 1.28. The zero-order valence-electron chi connectivity index (χ0n) is 8.91. The van der Waals surface area contributed by atoms with Crippen LogP contribution in [0.1, 0.15) is 0 Å². The number of nitrogens with one attached hydrogen (secondary N) is 1. The van der Waals surface area contributed by atoms with Crippen LogP contribution in [0.15, 0.2) is 18.2 Å². The van der Waals surface area contributed by atoms with Crippen LogP contribution in [0, 0.1) is 5.82 Å². The molecule has 0 unspecified atom stereocenters. The first-order chi connectivity index (χ1) is 7.90. The highest BCUT2D eigenvalue weighted by molar-refractivity contribution is 6.30. The van der Waals surface area contributed by atoms with Gasteiger partial charge in [0.15, 0.2) is 0 Å². The van der Waals surface area contributed by atoms with Crippen molar-refractivity contribution in [2.75, 3.05) is 18.9 Å². The van der Waals surface area contributed by atoms with Crippen molar-refractivity contribution in [1.82, 2.24) is 4.90 Å². The maximum atomic E-state index is 13.2. The second-order valence-electron chi connectivity index (χ2n) is 3.30. The van der Waals surface area contributed by atoms with Gasteiger partial charge in [-0.1, -0.05) is 11.6 Å². The molecule has 0 aliphatic carbocycles. The zero-order valence-corrected chi connectivity index (χ0v) is 9.66. The fourth-order valence-electron chi connectivity index (χ4n) is 1.08. The van der Waals surface area contributed by atoms with Crippen molar-refractivity contribution in [1.29, 1.82) is 0 Å². The first-order valence-electron chi connectivity index (χ1n) is 4.59. The zero-order chi connectivity index (χ0) is 13.0. The summed E-state index contributed by atoms with van der Waals surface area (Å²) >= 11 is 5.64. The lowest BCUT2D eigenvalue weighted by Gasteiger charge is -2.15. The minimum absolute atomic E-state index is 0.0975. The third kappa shape index (κ3) is 3.92. The molecule has 17 heavy (non-hydrogen) atoms. The molecule has 1 aromatic carbocycles.